The summed E-state index contributed by atoms with van der Waals surface area (Å²) in [5.74, 6) is -0.251. The third kappa shape index (κ3) is 3.76. The van der Waals surface area contributed by atoms with Crippen molar-refractivity contribution < 1.29 is 9.53 Å². The molecule has 1 aliphatic heterocycles. The summed E-state index contributed by atoms with van der Waals surface area (Å²) >= 11 is 0. The van der Waals surface area contributed by atoms with Gasteiger partial charge in [0.25, 0.3) is 11.5 Å². The summed E-state index contributed by atoms with van der Waals surface area (Å²) in [5.41, 5.74) is 1.79. The maximum Gasteiger partial charge on any atom is 0.273 e. The normalized spacial score (nSPS) is 15.1. The van der Waals surface area contributed by atoms with E-state index in [1.165, 1.54) is 16.8 Å². The molecule has 27 heavy (non-hydrogen) atoms. The van der Waals surface area contributed by atoms with Crippen LogP contribution in [-0.2, 0) is 4.74 Å². The summed E-state index contributed by atoms with van der Waals surface area (Å²) in [6.07, 6.45) is 1.52. The fraction of sp³-hybridized carbons (Fsp3) is 0.316. The second-order valence-electron chi connectivity index (χ2n) is 6.40. The molecule has 1 saturated heterocycles. The van der Waals surface area contributed by atoms with Crippen LogP contribution in [0.4, 0.5) is 0 Å². The molecule has 1 amide bonds. The Morgan fingerprint density at radius 1 is 1.22 bits per heavy atom. The van der Waals surface area contributed by atoms with E-state index in [4.69, 9.17) is 4.74 Å². The number of ether oxygens (including phenoxy) is 1. The van der Waals surface area contributed by atoms with Crippen LogP contribution in [0.3, 0.4) is 0 Å². The Morgan fingerprint density at radius 2 is 2.00 bits per heavy atom. The largest absolute Gasteiger partial charge is 0.379 e. The molecule has 0 atom stereocenters. The summed E-state index contributed by atoms with van der Waals surface area (Å²) in [6, 6.07) is 10.9. The van der Waals surface area contributed by atoms with Crippen molar-refractivity contribution in [3.8, 4) is 11.3 Å². The summed E-state index contributed by atoms with van der Waals surface area (Å²) in [6.45, 7) is 4.50. The minimum atomic E-state index is -0.258. The van der Waals surface area contributed by atoms with Gasteiger partial charge in [-0.1, -0.05) is 30.3 Å². The lowest BCUT2D eigenvalue weighted by molar-refractivity contribution is 0.0383. The predicted octanol–water partition coefficient (Wildman–Crippen LogP) is 0.752. The van der Waals surface area contributed by atoms with Crippen LogP contribution in [0.1, 0.15) is 10.4 Å². The number of hydrogen-bond acceptors (Lipinski definition) is 5. The number of amides is 1. The van der Waals surface area contributed by atoms with Crippen molar-refractivity contribution in [1.82, 2.24) is 24.8 Å². The highest BCUT2D eigenvalue weighted by Crippen LogP contribution is 2.16. The number of carbonyl (C=O) groups excluding carboxylic acids is 1. The topological polar surface area (TPSA) is 91.7 Å². The van der Waals surface area contributed by atoms with Crippen LogP contribution < -0.4 is 10.9 Å². The minimum absolute atomic E-state index is 0.251. The van der Waals surface area contributed by atoms with Gasteiger partial charge in [0.15, 0.2) is 5.65 Å². The average molecular weight is 367 g/mol. The molecule has 1 fully saturated rings. The Kier molecular flexibility index (Phi) is 4.99. The Hall–Kier alpha value is -2.97. The lowest BCUT2D eigenvalue weighted by Gasteiger charge is -2.26. The van der Waals surface area contributed by atoms with E-state index >= 15 is 0 Å². The Balaban J connectivity index is 1.53. The minimum Gasteiger partial charge on any atom is -0.379 e. The van der Waals surface area contributed by atoms with Gasteiger partial charge in [-0.3, -0.25) is 19.6 Å². The number of aromatic amines is 1. The molecule has 1 aliphatic rings. The molecule has 4 rings (SSSR count). The molecule has 0 unspecified atom stereocenters. The van der Waals surface area contributed by atoms with Crippen LogP contribution in [0.5, 0.6) is 0 Å². The molecule has 0 spiro atoms. The van der Waals surface area contributed by atoms with Crippen molar-refractivity contribution in [2.45, 2.75) is 0 Å². The average Bonchev–Trinajstić information content (AvgIpc) is 3.14. The Bertz CT molecular complexity index is 989. The van der Waals surface area contributed by atoms with E-state index in [1.807, 2.05) is 30.3 Å². The monoisotopic (exact) mass is 367 g/mol. The lowest BCUT2D eigenvalue weighted by Crippen LogP contribution is -2.41. The van der Waals surface area contributed by atoms with Crippen molar-refractivity contribution >= 4 is 11.6 Å². The Labute approximate surface area is 155 Å². The smallest absolute Gasteiger partial charge is 0.273 e. The molecule has 0 aliphatic carbocycles. The number of H-pyrrole nitrogens is 1. The zero-order valence-corrected chi connectivity index (χ0v) is 14.9. The van der Waals surface area contributed by atoms with Crippen LogP contribution in [0.25, 0.3) is 16.9 Å². The quantitative estimate of drug-likeness (QED) is 0.694. The Morgan fingerprint density at radius 3 is 2.78 bits per heavy atom. The van der Waals surface area contributed by atoms with E-state index in [0.29, 0.717) is 23.4 Å². The van der Waals surface area contributed by atoms with E-state index in [-0.39, 0.29) is 11.5 Å². The lowest BCUT2D eigenvalue weighted by atomic mass is 10.1. The summed E-state index contributed by atoms with van der Waals surface area (Å²) in [5, 5.41) is 5.72. The van der Waals surface area contributed by atoms with Crippen molar-refractivity contribution in [3.05, 3.63) is 58.5 Å². The SMILES string of the molecule is O=C(NCCN1CCOCC1)c1c[nH]n2c(=O)cc(-c3ccccc3)nc12. The van der Waals surface area contributed by atoms with Gasteiger partial charge in [0.05, 0.1) is 18.9 Å². The summed E-state index contributed by atoms with van der Waals surface area (Å²) in [7, 11) is 0. The second kappa shape index (κ2) is 7.73. The third-order valence-corrected chi connectivity index (χ3v) is 4.63. The van der Waals surface area contributed by atoms with Crippen LogP contribution >= 0.6 is 0 Å². The molecule has 2 aromatic heterocycles. The second-order valence-corrected chi connectivity index (χ2v) is 6.40. The molecule has 0 bridgehead atoms. The van der Waals surface area contributed by atoms with Gasteiger partial charge in [-0.05, 0) is 0 Å². The van der Waals surface area contributed by atoms with Gasteiger partial charge in [0.2, 0.25) is 0 Å². The van der Waals surface area contributed by atoms with Gasteiger partial charge < -0.3 is 10.1 Å². The van der Waals surface area contributed by atoms with E-state index < -0.39 is 0 Å². The number of benzene rings is 1. The highest BCUT2D eigenvalue weighted by molar-refractivity contribution is 5.99. The number of aromatic nitrogens is 3. The van der Waals surface area contributed by atoms with Crippen molar-refractivity contribution in [1.29, 1.82) is 0 Å². The van der Waals surface area contributed by atoms with Crippen LogP contribution in [0.15, 0.2) is 47.4 Å². The number of rotatable bonds is 5. The van der Waals surface area contributed by atoms with Crippen LogP contribution in [-0.4, -0.2) is 64.8 Å². The number of carbonyl (C=O) groups is 1. The zero-order chi connectivity index (χ0) is 18.6. The predicted molar refractivity (Wildman–Crippen MR) is 101 cm³/mol. The molecule has 8 nitrogen and oxygen atoms in total. The number of hydrogen-bond donors (Lipinski definition) is 2. The highest BCUT2D eigenvalue weighted by atomic mass is 16.5. The van der Waals surface area contributed by atoms with Gasteiger partial charge in [0, 0.05) is 44.0 Å². The van der Waals surface area contributed by atoms with Gasteiger partial charge in [-0.15, -0.1) is 0 Å². The maximum absolute atomic E-state index is 12.6. The standard InChI is InChI=1S/C19H21N5O3/c25-17-12-16(14-4-2-1-3-5-14)22-18-15(13-21-24(17)18)19(26)20-6-7-23-8-10-27-11-9-23/h1-5,12-13,21H,6-11H2,(H,20,26). The molecular weight excluding hydrogens is 346 g/mol. The van der Waals surface area contributed by atoms with E-state index in [0.717, 1.165) is 38.4 Å². The zero-order valence-electron chi connectivity index (χ0n) is 14.9. The number of nitrogens with one attached hydrogen (secondary N) is 2. The fourth-order valence-corrected chi connectivity index (χ4v) is 3.15. The van der Waals surface area contributed by atoms with E-state index in [1.54, 1.807) is 0 Å². The molecule has 0 radical (unpaired) electrons. The molecule has 140 valence electrons. The molecule has 1 aromatic carbocycles. The van der Waals surface area contributed by atoms with Gasteiger partial charge in [-0.25, -0.2) is 9.50 Å². The molecule has 8 heteroatoms. The van der Waals surface area contributed by atoms with E-state index in [2.05, 4.69) is 20.3 Å². The van der Waals surface area contributed by atoms with Crippen molar-refractivity contribution in [2.75, 3.05) is 39.4 Å². The number of fused-ring (bicyclic) bond motifs is 1. The number of morpholine rings is 1. The van der Waals surface area contributed by atoms with Crippen LogP contribution in [0.2, 0.25) is 0 Å². The van der Waals surface area contributed by atoms with Gasteiger partial charge in [-0.2, -0.15) is 0 Å². The number of nitrogens with zero attached hydrogens (tertiary/aromatic N) is 3. The highest BCUT2D eigenvalue weighted by Gasteiger charge is 2.16. The molecule has 3 aromatic rings. The first kappa shape index (κ1) is 17.4. The molecule has 3 heterocycles. The van der Waals surface area contributed by atoms with Gasteiger partial charge in [0.1, 0.15) is 5.56 Å². The van der Waals surface area contributed by atoms with Crippen LogP contribution in [0, 0.1) is 0 Å². The van der Waals surface area contributed by atoms with E-state index in [9.17, 15) is 9.59 Å². The molecule has 0 saturated carbocycles. The van der Waals surface area contributed by atoms with Gasteiger partial charge >= 0.3 is 0 Å². The summed E-state index contributed by atoms with van der Waals surface area (Å²) in [4.78, 5) is 31.7. The van der Waals surface area contributed by atoms with Crippen molar-refractivity contribution in [3.63, 3.8) is 0 Å². The first-order valence-electron chi connectivity index (χ1n) is 8.97. The third-order valence-electron chi connectivity index (χ3n) is 4.63. The molecule has 2 N–H and O–H groups in total. The maximum atomic E-state index is 12.6. The molecular formula is C19H21N5O3. The fourth-order valence-electron chi connectivity index (χ4n) is 3.15. The first-order valence-corrected chi connectivity index (χ1v) is 8.97. The summed E-state index contributed by atoms with van der Waals surface area (Å²) < 4.78 is 6.60. The first-order chi connectivity index (χ1) is 13.2. The van der Waals surface area contributed by atoms with Crippen molar-refractivity contribution in [2.24, 2.45) is 0 Å².